The highest BCUT2D eigenvalue weighted by molar-refractivity contribution is 6.31. The van der Waals surface area contributed by atoms with Gasteiger partial charge in [0.25, 0.3) is 0 Å². The molecule has 47 heavy (non-hydrogen) atoms. The predicted molar refractivity (Wildman–Crippen MR) is 188 cm³/mol. The number of nitrogens with zero attached hydrogens (tertiary/aromatic N) is 3. The summed E-state index contributed by atoms with van der Waals surface area (Å²) in [5.74, 6) is -0.267. The van der Waals surface area contributed by atoms with Gasteiger partial charge >= 0.3 is 6.36 Å². The molecule has 2 fully saturated rings. The van der Waals surface area contributed by atoms with Gasteiger partial charge in [-0.05, 0) is 110 Å². The van der Waals surface area contributed by atoms with Crippen molar-refractivity contribution in [2.45, 2.75) is 58.2 Å². The Morgan fingerprint density at radius 1 is 0.830 bits per heavy atom. The molecule has 0 saturated carbocycles. The Morgan fingerprint density at radius 2 is 1.55 bits per heavy atom. The summed E-state index contributed by atoms with van der Waals surface area (Å²) < 4.78 is 45.0. The molecular weight excluding hydrogens is 670 g/mol. The minimum absolute atomic E-state index is 0. The summed E-state index contributed by atoms with van der Waals surface area (Å²) in [6, 6.07) is 19.1. The van der Waals surface area contributed by atoms with Crippen LogP contribution < -0.4 is 16.2 Å². The summed E-state index contributed by atoms with van der Waals surface area (Å²) in [7, 11) is 0. The zero-order chi connectivity index (χ0) is 31.6. The molecule has 0 unspecified atom stereocenters. The lowest BCUT2D eigenvalue weighted by molar-refractivity contribution is -0.274. The zero-order valence-electron chi connectivity index (χ0n) is 26.3. The van der Waals surface area contributed by atoms with Crippen LogP contribution in [0.15, 0.2) is 66.9 Å². The molecule has 4 aromatic rings. The molecule has 2 saturated heterocycles. The Hall–Kier alpha value is -2.50. The summed E-state index contributed by atoms with van der Waals surface area (Å²) in [6.07, 6.45) is 1.72. The van der Waals surface area contributed by atoms with Crippen molar-refractivity contribution >= 4 is 47.3 Å². The molecule has 2 aliphatic rings. The van der Waals surface area contributed by atoms with Gasteiger partial charge in [-0.2, -0.15) is 0 Å². The van der Waals surface area contributed by atoms with Crippen molar-refractivity contribution in [2.24, 2.45) is 16.9 Å². The van der Waals surface area contributed by atoms with Crippen LogP contribution in [0.3, 0.4) is 0 Å². The third-order valence-electron chi connectivity index (χ3n) is 9.56. The number of rotatable bonds is 10. The standard InChI is InChI=1S/C35H41ClF3N5O.2ClH/c36-32-5-2-1-4-26(32)22-42-15-10-34(11-16-42)12-17-43(24-34)21-25-6-9-33-30(18-25)31(23-44(33)14-3-13-40)29-8-7-28(19-27(29)20-41)45-35(37,38)39;;/h1-2,4-9,18-19,23H,3,10-17,20-22,24,40-41H2;2*1H. The summed E-state index contributed by atoms with van der Waals surface area (Å²) in [6.45, 7) is 7.50. The van der Waals surface area contributed by atoms with Crippen LogP contribution in [-0.2, 0) is 26.2 Å². The fourth-order valence-corrected chi connectivity index (χ4v) is 7.38. The SMILES string of the molecule is Cl.Cl.NCCCn1cc(-c2ccc(OC(F)(F)F)cc2CN)c2cc(CN3CCC4(CCN(Cc5ccccc5Cl)CC4)C3)ccc21. The average Bonchev–Trinajstić information content (AvgIpc) is 3.58. The summed E-state index contributed by atoms with van der Waals surface area (Å²) in [5.41, 5.74) is 18.1. The Morgan fingerprint density at radius 3 is 2.23 bits per heavy atom. The van der Waals surface area contributed by atoms with E-state index in [9.17, 15) is 13.2 Å². The van der Waals surface area contributed by atoms with Crippen LogP contribution in [-0.4, -0.2) is 53.5 Å². The van der Waals surface area contributed by atoms with Gasteiger partial charge in [0.05, 0.1) is 0 Å². The molecular formula is C35H43Cl3F3N5O. The Kier molecular flexibility index (Phi) is 12.6. The lowest BCUT2D eigenvalue weighted by Gasteiger charge is -2.39. The third-order valence-corrected chi connectivity index (χ3v) is 9.93. The van der Waals surface area contributed by atoms with Crippen molar-refractivity contribution in [1.82, 2.24) is 14.4 Å². The fraction of sp³-hybridized carbons (Fsp3) is 0.429. The maximum absolute atomic E-state index is 12.9. The first-order valence-corrected chi connectivity index (χ1v) is 16.1. The second-order valence-corrected chi connectivity index (χ2v) is 13.0. The molecule has 2 aliphatic heterocycles. The first kappa shape index (κ1) is 37.3. The molecule has 12 heteroatoms. The number of aryl methyl sites for hydroxylation is 1. The smallest absolute Gasteiger partial charge is 0.406 e. The summed E-state index contributed by atoms with van der Waals surface area (Å²) >= 11 is 6.42. The maximum atomic E-state index is 12.9. The minimum atomic E-state index is -4.76. The van der Waals surface area contributed by atoms with E-state index >= 15 is 0 Å². The molecule has 3 heterocycles. The van der Waals surface area contributed by atoms with Crippen LogP contribution >= 0.6 is 36.4 Å². The molecule has 3 aromatic carbocycles. The number of ether oxygens (including phenoxy) is 1. The topological polar surface area (TPSA) is 72.7 Å². The molecule has 6 rings (SSSR count). The monoisotopic (exact) mass is 711 g/mol. The molecule has 0 aliphatic carbocycles. The normalized spacial score (nSPS) is 16.7. The highest BCUT2D eigenvalue weighted by Gasteiger charge is 2.40. The van der Waals surface area contributed by atoms with E-state index in [-0.39, 0.29) is 37.1 Å². The van der Waals surface area contributed by atoms with Gasteiger partial charge in [-0.3, -0.25) is 9.80 Å². The van der Waals surface area contributed by atoms with E-state index in [1.807, 2.05) is 12.1 Å². The lowest BCUT2D eigenvalue weighted by atomic mass is 9.77. The van der Waals surface area contributed by atoms with Crippen LogP contribution in [0.4, 0.5) is 13.2 Å². The van der Waals surface area contributed by atoms with Gasteiger partial charge in [0.2, 0.25) is 0 Å². The molecule has 0 atom stereocenters. The van der Waals surface area contributed by atoms with Crippen molar-refractivity contribution in [3.63, 3.8) is 0 Å². The largest absolute Gasteiger partial charge is 0.573 e. The van der Waals surface area contributed by atoms with Crippen LogP contribution in [0, 0.1) is 5.41 Å². The predicted octanol–water partition coefficient (Wildman–Crippen LogP) is 8.00. The summed E-state index contributed by atoms with van der Waals surface area (Å²) in [5, 5.41) is 1.90. The molecule has 1 aromatic heterocycles. The molecule has 256 valence electrons. The van der Waals surface area contributed by atoms with Crippen molar-refractivity contribution in [2.75, 3.05) is 32.7 Å². The van der Waals surface area contributed by atoms with E-state index in [4.69, 9.17) is 23.1 Å². The van der Waals surface area contributed by atoms with Crippen molar-refractivity contribution in [3.05, 3.63) is 88.6 Å². The van der Waals surface area contributed by atoms with Crippen LogP contribution in [0.5, 0.6) is 5.75 Å². The number of halogens is 6. The number of alkyl halides is 3. The highest BCUT2D eigenvalue weighted by Crippen LogP contribution is 2.42. The lowest BCUT2D eigenvalue weighted by Crippen LogP contribution is -2.41. The maximum Gasteiger partial charge on any atom is 0.573 e. The number of nitrogens with two attached hydrogens (primary N) is 2. The number of likely N-dealkylation sites (tertiary alicyclic amines) is 2. The van der Waals surface area contributed by atoms with Gasteiger partial charge in [-0.15, -0.1) is 38.0 Å². The Balaban J connectivity index is 0.00000250. The van der Waals surface area contributed by atoms with Crippen LogP contribution in [0.25, 0.3) is 22.0 Å². The molecule has 1 spiro atoms. The number of fused-ring (bicyclic) bond motifs is 1. The fourth-order valence-electron chi connectivity index (χ4n) is 7.18. The van der Waals surface area contributed by atoms with E-state index < -0.39 is 6.36 Å². The van der Waals surface area contributed by atoms with Gasteiger partial charge in [0.15, 0.2) is 0 Å². The van der Waals surface area contributed by atoms with Gasteiger partial charge in [-0.1, -0.05) is 41.9 Å². The summed E-state index contributed by atoms with van der Waals surface area (Å²) in [4.78, 5) is 5.10. The molecule has 0 bridgehead atoms. The van der Waals surface area contributed by atoms with E-state index in [2.05, 4.69) is 55.6 Å². The molecule has 6 nitrogen and oxygen atoms in total. The van der Waals surface area contributed by atoms with E-state index in [1.165, 1.54) is 42.5 Å². The van der Waals surface area contributed by atoms with Crippen molar-refractivity contribution < 1.29 is 17.9 Å². The first-order valence-electron chi connectivity index (χ1n) is 15.7. The van der Waals surface area contributed by atoms with E-state index in [0.717, 1.165) is 79.3 Å². The van der Waals surface area contributed by atoms with E-state index in [1.54, 1.807) is 6.07 Å². The van der Waals surface area contributed by atoms with Gasteiger partial charge in [-0.25, -0.2) is 0 Å². The number of benzene rings is 3. The number of hydrogen-bond acceptors (Lipinski definition) is 5. The van der Waals surface area contributed by atoms with Crippen LogP contribution in [0.1, 0.15) is 42.4 Å². The highest BCUT2D eigenvalue weighted by atomic mass is 35.5. The number of piperidine rings is 1. The Labute approximate surface area is 292 Å². The second kappa shape index (κ2) is 15.8. The molecule has 4 N–H and O–H groups in total. The van der Waals surface area contributed by atoms with Crippen LogP contribution in [0.2, 0.25) is 5.02 Å². The van der Waals surface area contributed by atoms with Crippen molar-refractivity contribution in [3.8, 4) is 16.9 Å². The van der Waals surface area contributed by atoms with Gasteiger partial charge in [0, 0.05) is 60.4 Å². The average molecular weight is 713 g/mol. The minimum Gasteiger partial charge on any atom is -0.406 e. The zero-order valence-corrected chi connectivity index (χ0v) is 28.7. The Bertz CT molecular complexity index is 1640. The molecule has 0 amide bonds. The third kappa shape index (κ3) is 8.76. The second-order valence-electron chi connectivity index (χ2n) is 12.6. The number of hydrogen-bond donors (Lipinski definition) is 2. The van der Waals surface area contributed by atoms with E-state index in [0.29, 0.717) is 17.5 Å². The van der Waals surface area contributed by atoms with Gasteiger partial charge in [0.1, 0.15) is 5.75 Å². The number of aromatic nitrogens is 1. The molecule has 0 radical (unpaired) electrons. The van der Waals surface area contributed by atoms with Gasteiger partial charge < -0.3 is 20.8 Å². The quantitative estimate of drug-likeness (QED) is 0.174. The van der Waals surface area contributed by atoms with Crippen molar-refractivity contribution in [1.29, 1.82) is 0 Å². The first-order chi connectivity index (χ1) is 21.6.